The number of carbonyl (C=O) groups excluding carboxylic acids is 1. The predicted molar refractivity (Wildman–Crippen MR) is 78.7 cm³/mol. The number of nitrogens with one attached hydrogen (secondary N) is 1. The van der Waals surface area contributed by atoms with E-state index in [9.17, 15) is 4.79 Å². The smallest absolute Gasteiger partial charge is 0.330 e. The molecule has 1 aromatic rings. The highest BCUT2D eigenvalue weighted by atomic mass is 35.5. The molecule has 0 saturated carbocycles. The van der Waals surface area contributed by atoms with Crippen LogP contribution in [0.2, 0.25) is 10.0 Å². The van der Waals surface area contributed by atoms with Crippen LogP contribution >= 0.6 is 23.2 Å². The maximum atomic E-state index is 12.2. The summed E-state index contributed by atoms with van der Waals surface area (Å²) in [7, 11) is 1.36. The first-order chi connectivity index (χ1) is 8.86. The Morgan fingerprint density at radius 2 is 2.11 bits per heavy atom. The second kappa shape index (κ2) is 6.60. The van der Waals surface area contributed by atoms with E-state index in [1.54, 1.807) is 25.1 Å². The fraction of sp³-hybridized carbons (Fsp3) is 0.500. The van der Waals surface area contributed by atoms with Crippen molar-refractivity contribution in [3.05, 3.63) is 33.8 Å². The van der Waals surface area contributed by atoms with E-state index in [0.29, 0.717) is 15.6 Å². The van der Waals surface area contributed by atoms with Gasteiger partial charge in [-0.2, -0.15) is 0 Å². The van der Waals surface area contributed by atoms with Crippen LogP contribution in [-0.4, -0.2) is 19.1 Å². The first-order valence-electron chi connectivity index (χ1n) is 6.17. The van der Waals surface area contributed by atoms with Gasteiger partial charge in [-0.05, 0) is 26.3 Å². The van der Waals surface area contributed by atoms with Gasteiger partial charge in [0.25, 0.3) is 0 Å². The molecule has 0 fully saturated rings. The van der Waals surface area contributed by atoms with Crippen molar-refractivity contribution >= 4 is 29.2 Å². The van der Waals surface area contributed by atoms with Gasteiger partial charge in [0.15, 0.2) is 0 Å². The number of esters is 1. The molecular weight excluding hydrogens is 285 g/mol. The zero-order chi connectivity index (χ0) is 14.6. The van der Waals surface area contributed by atoms with Crippen molar-refractivity contribution in [1.29, 1.82) is 0 Å². The molecule has 0 aromatic heterocycles. The van der Waals surface area contributed by atoms with E-state index in [1.165, 1.54) is 7.11 Å². The number of methoxy groups -OCH3 is 1. The minimum Gasteiger partial charge on any atom is -0.467 e. The quantitative estimate of drug-likeness (QED) is 0.842. The molecule has 19 heavy (non-hydrogen) atoms. The number of carbonyl (C=O) groups is 1. The summed E-state index contributed by atoms with van der Waals surface area (Å²) in [5.41, 5.74) is -0.402. The largest absolute Gasteiger partial charge is 0.467 e. The van der Waals surface area contributed by atoms with Crippen molar-refractivity contribution in [3.8, 4) is 0 Å². The van der Waals surface area contributed by atoms with Gasteiger partial charge in [-0.25, -0.2) is 4.79 Å². The molecule has 0 saturated heterocycles. The van der Waals surface area contributed by atoms with Crippen LogP contribution in [0.4, 0.5) is 0 Å². The molecule has 0 aliphatic heterocycles. The molecule has 0 amide bonds. The van der Waals surface area contributed by atoms with E-state index in [0.717, 1.165) is 6.42 Å². The number of halogens is 2. The Kier molecular flexibility index (Phi) is 5.65. The molecule has 106 valence electrons. The minimum absolute atomic E-state index is 0.138. The molecule has 0 heterocycles. The summed E-state index contributed by atoms with van der Waals surface area (Å²) in [6.45, 7) is 5.79. The van der Waals surface area contributed by atoms with Crippen LogP contribution in [0.15, 0.2) is 18.2 Å². The summed E-state index contributed by atoms with van der Waals surface area (Å²) < 4.78 is 4.91. The summed E-state index contributed by atoms with van der Waals surface area (Å²) in [6, 6.07) is 5.37. The average Bonchev–Trinajstić information content (AvgIpc) is 2.40. The van der Waals surface area contributed by atoms with E-state index >= 15 is 0 Å². The van der Waals surface area contributed by atoms with E-state index in [1.807, 2.05) is 13.8 Å². The van der Waals surface area contributed by atoms with Crippen LogP contribution in [0.25, 0.3) is 0 Å². The molecular formula is C14H19Cl2NO2. The molecule has 3 nitrogen and oxygen atoms in total. The van der Waals surface area contributed by atoms with Crippen LogP contribution in [0, 0.1) is 0 Å². The number of rotatable bonds is 5. The lowest BCUT2D eigenvalue weighted by atomic mass is 9.90. The van der Waals surface area contributed by atoms with Crippen LogP contribution in [0.5, 0.6) is 0 Å². The molecule has 0 spiro atoms. The van der Waals surface area contributed by atoms with Gasteiger partial charge in [0, 0.05) is 11.6 Å². The van der Waals surface area contributed by atoms with Crippen molar-refractivity contribution in [2.45, 2.75) is 38.8 Å². The lowest BCUT2D eigenvalue weighted by Crippen LogP contribution is -2.51. The van der Waals surface area contributed by atoms with Crippen molar-refractivity contribution < 1.29 is 9.53 Å². The van der Waals surface area contributed by atoms with Crippen LogP contribution in [0.3, 0.4) is 0 Å². The second-order valence-electron chi connectivity index (χ2n) is 4.67. The zero-order valence-electron chi connectivity index (χ0n) is 11.6. The van der Waals surface area contributed by atoms with Crippen LogP contribution in [-0.2, 0) is 15.1 Å². The van der Waals surface area contributed by atoms with Crippen molar-refractivity contribution in [3.63, 3.8) is 0 Å². The highest BCUT2D eigenvalue weighted by Crippen LogP contribution is 2.34. The van der Waals surface area contributed by atoms with Crippen molar-refractivity contribution in [2.24, 2.45) is 0 Å². The summed E-state index contributed by atoms with van der Waals surface area (Å²) >= 11 is 12.3. The third-order valence-electron chi connectivity index (χ3n) is 3.23. The first-order valence-corrected chi connectivity index (χ1v) is 6.93. The lowest BCUT2D eigenvalue weighted by molar-refractivity contribution is -0.148. The standard InChI is InChI=1S/C14H19Cl2NO2/c1-5-9(2)17-14(3,13(18)19-4)10-7-6-8-11(15)12(10)16/h6-9,17H,5H2,1-4H3. The SMILES string of the molecule is CCC(C)NC(C)(C(=O)OC)c1cccc(Cl)c1Cl. The fourth-order valence-electron chi connectivity index (χ4n) is 1.94. The molecule has 0 radical (unpaired) electrons. The molecule has 0 aliphatic carbocycles. The molecule has 0 aliphatic rings. The Morgan fingerprint density at radius 3 is 2.63 bits per heavy atom. The van der Waals surface area contributed by atoms with E-state index < -0.39 is 11.5 Å². The van der Waals surface area contributed by atoms with E-state index in [4.69, 9.17) is 27.9 Å². The van der Waals surface area contributed by atoms with Gasteiger partial charge >= 0.3 is 5.97 Å². The molecule has 1 N–H and O–H groups in total. The molecule has 0 bridgehead atoms. The minimum atomic E-state index is -1.02. The Labute approximate surface area is 124 Å². The highest BCUT2D eigenvalue weighted by molar-refractivity contribution is 6.42. The van der Waals surface area contributed by atoms with Crippen LogP contribution in [0.1, 0.15) is 32.8 Å². The highest BCUT2D eigenvalue weighted by Gasteiger charge is 2.39. The Hall–Kier alpha value is -0.770. The summed E-state index contributed by atoms with van der Waals surface area (Å²) in [4.78, 5) is 12.2. The molecule has 2 unspecified atom stereocenters. The third kappa shape index (κ3) is 3.41. The lowest BCUT2D eigenvalue weighted by Gasteiger charge is -2.32. The summed E-state index contributed by atoms with van der Waals surface area (Å²) in [5.74, 6) is -0.392. The Morgan fingerprint density at radius 1 is 1.47 bits per heavy atom. The predicted octanol–water partition coefficient (Wildman–Crippen LogP) is 3.77. The molecule has 1 rings (SSSR count). The van der Waals surface area contributed by atoms with E-state index in [2.05, 4.69) is 5.32 Å². The molecule has 5 heteroatoms. The van der Waals surface area contributed by atoms with Crippen LogP contribution < -0.4 is 5.32 Å². The number of ether oxygens (including phenoxy) is 1. The fourth-order valence-corrected chi connectivity index (χ4v) is 2.43. The van der Waals surface area contributed by atoms with Crippen molar-refractivity contribution in [1.82, 2.24) is 5.32 Å². The Bertz CT molecular complexity index is 465. The molecule has 2 atom stereocenters. The van der Waals surface area contributed by atoms with Gasteiger partial charge in [0.2, 0.25) is 0 Å². The normalized spacial score (nSPS) is 15.7. The number of hydrogen-bond donors (Lipinski definition) is 1. The third-order valence-corrected chi connectivity index (χ3v) is 4.05. The van der Waals surface area contributed by atoms with Gasteiger partial charge in [-0.1, -0.05) is 42.3 Å². The number of hydrogen-bond acceptors (Lipinski definition) is 3. The summed E-state index contributed by atoms with van der Waals surface area (Å²) in [6.07, 6.45) is 0.880. The second-order valence-corrected chi connectivity index (χ2v) is 5.46. The van der Waals surface area contributed by atoms with Crippen molar-refractivity contribution in [2.75, 3.05) is 7.11 Å². The molecule has 1 aromatic carbocycles. The zero-order valence-corrected chi connectivity index (χ0v) is 13.1. The van der Waals surface area contributed by atoms with Gasteiger partial charge in [0.05, 0.1) is 17.2 Å². The Balaban J connectivity index is 3.31. The van der Waals surface area contributed by atoms with Gasteiger partial charge in [0.1, 0.15) is 5.54 Å². The average molecular weight is 304 g/mol. The first kappa shape index (κ1) is 16.3. The maximum absolute atomic E-state index is 12.2. The van der Waals surface area contributed by atoms with Gasteiger partial charge in [-0.15, -0.1) is 0 Å². The van der Waals surface area contributed by atoms with Gasteiger partial charge in [-0.3, -0.25) is 5.32 Å². The maximum Gasteiger partial charge on any atom is 0.330 e. The van der Waals surface area contributed by atoms with E-state index in [-0.39, 0.29) is 6.04 Å². The summed E-state index contributed by atoms with van der Waals surface area (Å²) in [5, 5.41) is 4.05. The number of benzene rings is 1. The monoisotopic (exact) mass is 303 g/mol. The van der Waals surface area contributed by atoms with Gasteiger partial charge < -0.3 is 4.74 Å². The topological polar surface area (TPSA) is 38.3 Å².